The number of fused-ring (bicyclic) bond motifs is 1. The average molecular weight is 545 g/mol. The van der Waals surface area contributed by atoms with Gasteiger partial charge in [0.15, 0.2) is 0 Å². The molecule has 0 aliphatic heterocycles. The molecule has 3 aromatic carbocycles. The molecule has 7 nitrogen and oxygen atoms in total. The Morgan fingerprint density at radius 2 is 1.75 bits per heavy atom. The Morgan fingerprint density at radius 1 is 0.975 bits per heavy atom. The van der Waals surface area contributed by atoms with Crippen LogP contribution in [0.5, 0.6) is 0 Å². The van der Waals surface area contributed by atoms with Crippen LogP contribution < -0.4 is 16.4 Å². The third-order valence-electron chi connectivity index (χ3n) is 6.49. The van der Waals surface area contributed by atoms with Crippen LogP contribution in [0.3, 0.4) is 0 Å². The summed E-state index contributed by atoms with van der Waals surface area (Å²) < 4.78 is 40.5. The molecule has 0 bridgehead atoms. The monoisotopic (exact) mass is 544 g/mol. The first-order valence-electron chi connectivity index (χ1n) is 12.4. The van der Waals surface area contributed by atoms with E-state index in [1.165, 1.54) is 16.7 Å². The van der Waals surface area contributed by atoms with E-state index in [1.807, 2.05) is 19.1 Å². The van der Waals surface area contributed by atoms with Crippen molar-refractivity contribution < 1.29 is 18.0 Å². The van der Waals surface area contributed by atoms with Crippen molar-refractivity contribution in [2.24, 2.45) is 0 Å². The minimum Gasteiger partial charge on any atom is -0.322 e. The van der Waals surface area contributed by atoms with Crippen LogP contribution in [0.25, 0.3) is 22.2 Å². The van der Waals surface area contributed by atoms with E-state index in [2.05, 4.69) is 15.3 Å². The number of hydrogen-bond acceptors (Lipinski definition) is 4. The molecule has 5 aromatic rings. The van der Waals surface area contributed by atoms with E-state index in [9.17, 15) is 27.6 Å². The number of halogens is 3. The van der Waals surface area contributed by atoms with Gasteiger partial charge in [-0.2, -0.15) is 13.2 Å². The quantitative estimate of drug-likeness (QED) is 0.273. The van der Waals surface area contributed by atoms with Crippen molar-refractivity contribution in [3.63, 3.8) is 0 Å². The molecule has 0 saturated carbocycles. The molecule has 0 fully saturated rings. The molecule has 0 spiro atoms. The maximum Gasteiger partial charge on any atom is 0.416 e. The van der Waals surface area contributed by atoms with Crippen LogP contribution in [0.2, 0.25) is 0 Å². The van der Waals surface area contributed by atoms with Crippen molar-refractivity contribution >= 4 is 22.6 Å². The second-order valence-electron chi connectivity index (χ2n) is 9.29. The molecule has 5 rings (SSSR count). The zero-order valence-corrected chi connectivity index (χ0v) is 21.3. The highest BCUT2D eigenvalue weighted by atomic mass is 19.4. The number of nitrogens with one attached hydrogen (secondary N) is 2. The average Bonchev–Trinajstić information content (AvgIpc) is 2.93. The second-order valence-corrected chi connectivity index (χ2v) is 9.29. The van der Waals surface area contributed by atoms with Gasteiger partial charge in [0, 0.05) is 36.1 Å². The lowest BCUT2D eigenvalue weighted by Gasteiger charge is -2.14. The number of nitrogens with zero attached hydrogens (tertiary/aromatic N) is 2. The summed E-state index contributed by atoms with van der Waals surface area (Å²) in [5.74, 6) is -0.486. The lowest BCUT2D eigenvalue weighted by molar-refractivity contribution is -0.137. The van der Waals surface area contributed by atoms with E-state index < -0.39 is 28.8 Å². The highest BCUT2D eigenvalue weighted by Crippen LogP contribution is 2.32. The predicted octanol–water partition coefficient (Wildman–Crippen LogP) is 5.57. The van der Waals surface area contributed by atoms with Crippen molar-refractivity contribution in [3.05, 3.63) is 128 Å². The molecule has 0 atom stereocenters. The van der Waals surface area contributed by atoms with Crippen LogP contribution in [0.1, 0.15) is 27.2 Å². The standard InChI is InChI=1S/C30H23F3N4O3/c1-18-5-11-23(24(16-18)19-6-8-20(9-7-19)30(31,32)33)27(38)35-22-10-12-26-25(17-22)36-28(39)29(40)37(26)15-13-21-4-2-3-14-34-21/h2-12,14,16-17H,13,15H2,1H3,(H,35,38)(H,36,39). The summed E-state index contributed by atoms with van der Waals surface area (Å²) in [4.78, 5) is 45.1. The first-order chi connectivity index (χ1) is 19.1. The number of anilines is 1. The number of carbonyl (C=O) groups excluding carboxylic acids is 1. The molecule has 2 N–H and O–H groups in total. The SMILES string of the molecule is Cc1ccc(C(=O)Nc2ccc3c(c2)[nH]c(=O)c(=O)n3CCc2ccccn2)c(-c2ccc(C(F)(F)F)cc2)c1. The first kappa shape index (κ1) is 26.6. The summed E-state index contributed by atoms with van der Waals surface area (Å²) in [6.45, 7) is 2.06. The largest absolute Gasteiger partial charge is 0.416 e. The molecule has 0 unspecified atom stereocenters. The van der Waals surface area contributed by atoms with E-state index in [1.54, 1.807) is 48.7 Å². The number of carbonyl (C=O) groups is 1. The van der Waals surface area contributed by atoms with Crippen LogP contribution in [0, 0.1) is 6.92 Å². The number of aromatic nitrogens is 3. The van der Waals surface area contributed by atoms with Crippen LogP contribution in [0.4, 0.5) is 18.9 Å². The van der Waals surface area contributed by atoms with Gasteiger partial charge < -0.3 is 14.9 Å². The van der Waals surface area contributed by atoms with E-state index in [4.69, 9.17) is 0 Å². The zero-order valence-electron chi connectivity index (χ0n) is 21.3. The van der Waals surface area contributed by atoms with Gasteiger partial charge in [-0.15, -0.1) is 0 Å². The van der Waals surface area contributed by atoms with Gasteiger partial charge in [-0.25, -0.2) is 0 Å². The molecule has 40 heavy (non-hydrogen) atoms. The number of alkyl halides is 3. The van der Waals surface area contributed by atoms with Crippen molar-refractivity contribution in [1.82, 2.24) is 14.5 Å². The van der Waals surface area contributed by atoms with Crippen LogP contribution >= 0.6 is 0 Å². The number of pyridine rings is 1. The third kappa shape index (κ3) is 5.56. The summed E-state index contributed by atoms with van der Waals surface area (Å²) in [7, 11) is 0. The Morgan fingerprint density at radius 3 is 2.45 bits per heavy atom. The maximum absolute atomic E-state index is 13.3. The lowest BCUT2D eigenvalue weighted by Crippen LogP contribution is -2.36. The fraction of sp³-hybridized carbons (Fsp3) is 0.133. The number of benzene rings is 3. The molecule has 10 heteroatoms. The molecule has 2 aromatic heterocycles. The summed E-state index contributed by atoms with van der Waals surface area (Å²) in [6, 6.07) is 20.0. The molecule has 1 amide bonds. The van der Waals surface area contributed by atoms with Crippen LogP contribution in [0.15, 0.2) is 94.6 Å². The van der Waals surface area contributed by atoms with Crippen molar-refractivity contribution in [3.8, 4) is 11.1 Å². The van der Waals surface area contributed by atoms with E-state index in [-0.39, 0.29) is 12.1 Å². The van der Waals surface area contributed by atoms with Gasteiger partial charge in [-0.1, -0.05) is 35.9 Å². The molecule has 0 saturated heterocycles. The summed E-state index contributed by atoms with van der Waals surface area (Å²) >= 11 is 0. The molecule has 0 aliphatic carbocycles. The number of amides is 1. The molecule has 0 radical (unpaired) electrons. The summed E-state index contributed by atoms with van der Waals surface area (Å²) in [5, 5.41) is 2.79. The van der Waals surface area contributed by atoms with Gasteiger partial charge in [0.05, 0.1) is 16.6 Å². The normalized spacial score (nSPS) is 11.5. The number of aromatic amines is 1. The highest BCUT2D eigenvalue weighted by Gasteiger charge is 2.30. The van der Waals surface area contributed by atoms with E-state index in [0.717, 1.165) is 23.4 Å². The van der Waals surface area contributed by atoms with Gasteiger partial charge in [0.25, 0.3) is 5.91 Å². The van der Waals surface area contributed by atoms with Crippen LogP contribution in [-0.4, -0.2) is 20.4 Å². The Hall–Kier alpha value is -4.99. The smallest absolute Gasteiger partial charge is 0.322 e. The molecular formula is C30H23F3N4O3. The first-order valence-corrected chi connectivity index (χ1v) is 12.4. The number of H-pyrrole nitrogens is 1. The maximum atomic E-state index is 13.3. The van der Waals surface area contributed by atoms with Gasteiger partial charge in [-0.3, -0.25) is 19.4 Å². The number of aryl methyl sites for hydroxylation is 3. The zero-order chi connectivity index (χ0) is 28.4. The Bertz CT molecular complexity index is 1830. The van der Waals surface area contributed by atoms with E-state index in [0.29, 0.717) is 34.3 Å². The number of hydrogen-bond donors (Lipinski definition) is 2. The highest BCUT2D eigenvalue weighted by molar-refractivity contribution is 6.09. The second kappa shape index (κ2) is 10.6. The predicted molar refractivity (Wildman–Crippen MR) is 146 cm³/mol. The Balaban J connectivity index is 1.44. The van der Waals surface area contributed by atoms with Crippen molar-refractivity contribution in [2.45, 2.75) is 26.1 Å². The van der Waals surface area contributed by atoms with Crippen molar-refractivity contribution in [1.29, 1.82) is 0 Å². The molecule has 0 aliphatic rings. The topological polar surface area (TPSA) is 96.9 Å². The van der Waals surface area contributed by atoms with E-state index >= 15 is 0 Å². The Labute approximate surface area is 226 Å². The Kier molecular flexibility index (Phi) is 7.08. The minimum absolute atomic E-state index is 0.238. The third-order valence-corrected chi connectivity index (χ3v) is 6.49. The fourth-order valence-corrected chi connectivity index (χ4v) is 4.48. The van der Waals surface area contributed by atoms with Crippen LogP contribution in [-0.2, 0) is 19.1 Å². The number of rotatable bonds is 6. The lowest BCUT2D eigenvalue weighted by atomic mass is 9.96. The van der Waals surface area contributed by atoms with Gasteiger partial charge in [-0.05, 0) is 66.6 Å². The summed E-state index contributed by atoms with van der Waals surface area (Å²) in [6.07, 6.45) is -2.37. The van der Waals surface area contributed by atoms with Crippen molar-refractivity contribution in [2.75, 3.05) is 5.32 Å². The molecule has 2 heterocycles. The minimum atomic E-state index is -4.47. The van der Waals surface area contributed by atoms with Gasteiger partial charge in [0.2, 0.25) is 0 Å². The molecular weight excluding hydrogens is 521 g/mol. The fourth-order valence-electron chi connectivity index (χ4n) is 4.48. The molecule has 202 valence electrons. The van der Waals surface area contributed by atoms with Gasteiger partial charge >= 0.3 is 17.3 Å². The summed E-state index contributed by atoms with van der Waals surface area (Å²) in [5.41, 5.74) is 1.74. The van der Waals surface area contributed by atoms with Gasteiger partial charge in [0.1, 0.15) is 0 Å².